The molecule has 0 atom stereocenters. The fourth-order valence-electron chi connectivity index (χ4n) is 1.50. The molecule has 0 unspecified atom stereocenters. The van der Waals surface area contributed by atoms with Gasteiger partial charge >= 0.3 is 0 Å². The summed E-state index contributed by atoms with van der Waals surface area (Å²) in [6, 6.07) is 6.10. The molecule has 84 valence electrons. The molecule has 0 aromatic carbocycles. The lowest BCUT2D eigenvalue weighted by Crippen LogP contribution is -2.17. The lowest BCUT2D eigenvalue weighted by atomic mass is 10.3. The molecule has 0 saturated heterocycles. The molecule has 0 radical (unpaired) electrons. The molecule has 5 heteroatoms. The van der Waals surface area contributed by atoms with Crippen LogP contribution < -0.4 is 10.6 Å². The minimum absolute atomic E-state index is 0.709. The van der Waals surface area contributed by atoms with Crippen molar-refractivity contribution < 1.29 is 0 Å². The fraction of sp³-hybridized carbons (Fsp3) is 0.182. The van der Waals surface area contributed by atoms with Crippen molar-refractivity contribution in [1.82, 2.24) is 4.98 Å². The molecule has 2 heterocycles. The standard InChI is InChI=1S/C11H12BrN3S/c1-15(7-8-2-3-11(12)16-8)10-4-5-14-6-9(10)13/h2-6H,7,13H2,1H3. The van der Waals surface area contributed by atoms with E-state index in [1.165, 1.54) is 4.88 Å². The molecule has 16 heavy (non-hydrogen) atoms. The number of hydrogen-bond donors (Lipinski definition) is 1. The largest absolute Gasteiger partial charge is 0.396 e. The van der Waals surface area contributed by atoms with Crippen LogP contribution >= 0.6 is 27.3 Å². The molecule has 0 fully saturated rings. The molecule has 2 N–H and O–H groups in total. The Kier molecular flexibility index (Phi) is 3.46. The number of hydrogen-bond acceptors (Lipinski definition) is 4. The van der Waals surface area contributed by atoms with Crippen molar-refractivity contribution >= 4 is 38.6 Å². The molecule has 2 aromatic heterocycles. The molecule has 2 rings (SSSR count). The van der Waals surface area contributed by atoms with Gasteiger partial charge in [-0.2, -0.15) is 0 Å². The Hall–Kier alpha value is -1.07. The number of anilines is 2. The van der Waals surface area contributed by atoms with Crippen LogP contribution in [0.1, 0.15) is 4.88 Å². The first-order valence-electron chi connectivity index (χ1n) is 4.81. The summed E-state index contributed by atoms with van der Waals surface area (Å²) in [5.74, 6) is 0. The highest BCUT2D eigenvalue weighted by Gasteiger charge is 2.06. The number of nitrogens with zero attached hydrogens (tertiary/aromatic N) is 2. The Balaban J connectivity index is 2.14. The van der Waals surface area contributed by atoms with Crippen LogP contribution in [0, 0.1) is 0 Å². The van der Waals surface area contributed by atoms with Crippen LogP contribution in [0.4, 0.5) is 11.4 Å². The predicted octanol–water partition coefficient (Wildman–Crippen LogP) is 3.12. The minimum Gasteiger partial charge on any atom is -0.396 e. The molecule has 0 aliphatic heterocycles. The summed E-state index contributed by atoms with van der Waals surface area (Å²) in [4.78, 5) is 7.40. The second-order valence-corrected chi connectivity index (χ2v) is 6.04. The number of halogens is 1. The third-order valence-corrected chi connectivity index (χ3v) is 3.87. The number of rotatable bonds is 3. The van der Waals surface area contributed by atoms with Gasteiger partial charge in [0.2, 0.25) is 0 Å². The number of pyridine rings is 1. The predicted molar refractivity (Wildman–Crippen MR) is 72.8 cm³/mol. The van der Waals surface area contributed by atoms with Crippen molar-refractivity contribution in [3.8, 4) is 0 Å². The Labute approximate surface area is 107 Å². The van der Waals surface area contributed by atoms with Crippen molar-refractivity contribution in [2.24, 2.45) is 0 Å². The van der Waals surface area contributed by atoms with Gasteiger partial charge in [-0.15, -0.1) is 11.3 Å². The van der Waals surface area contributed by atoms with E-state index in [9.17, 15) is 0 Å². The fourth-order valence-corrected chi connectivity index (χ4v) is 3.04. The van der Waals surface area contributed by atoms with Gasteiger partial charge < -0.3 is 10.6 Å². The maximum atomic E-state index is 5.87. The summed E-state index contributed by atoms with van der Waals surface area (Å²) in [6.07, 6.45) is 3.43. The zero-order valence-electron chi connectivity index (χ0n) is 8.85. The van der Waals surface area contributed by atoms with E-state index in [0.717, 1.165) is 16.0 Å². The topological polar surface area (TPSA) is 42.2 Å². The molecule has 0 saturated carbocycles. The molecule has 0 amide bonds. The number of aromatic nitrogens is 1. The van der Waals surface area contributed by atoms with Crippen LogP contribution in [0.5, 0.6) is 0 Å². The Morgan fingerprint density at radius 2 is 2.25 bits per heavy atom. The molecule has 3 nitrogen and oxygen atoms in total. The van der Waals surface area contributed by atoms with Gasteiger partial charge in [0, 0.05) is 18.1 Å². The van der Waals surface area contributed by atoms with Gasteiger partial charge in [-0.25, -0.2) is 0 Å². The highest BCUT2D eigenvalue weighted by atomic mass is 79.9. The van der Waals surface area contributed by atoms with E-state index in [1.54, 1.807) is 23.7 Å². The summed E-state index contributed by atoms with van der Waals surface area (Å²) in [6.45, 7) is 0.852. The van der Waals surface area contributed by atoms with Crippen molar-refractivity contribution in [2.75, 3.05) is 17.7 Å². The summed E-state index contributed by atoms with van der Waals surface area (Å²) in [5, 5.41) is 0. The third kappa shape index (κ3) is 2.54. The van der Waals surface area contributed by atoms with E-state index in [0.29, 0.717) is 5.69 Å². The van der Waals surface area contributed by atoms with Crippen molar-refractivity contribution in [1.29, 1.82) is 0 Å². The van der Waals surface area contributed by atoms with E-state index in [4.69, 9.17) is 5.73 Å². The normalized spacial score (nSPS) is 10.4. The van der Waals surface area contributed by atoms with Gasteiger partial charge in [-0.3, -0.25) is 4.98 Å². The quantitative estimate of drug-likeness (QED) is 0.946. The lowest BCUT2D eigenvalue weighted by molar-refractivity contribution is 0.940. The third-order valence-electron chi connectivity index (χ3n) is 2.26. The smallest absolute Gasteiger partial charge is 0.0738 e. The lowest BCUT2D eigenvalue weighted by Gasteiger charge is -2.19. The average Bonchev–Trinajstić information content (AvgIpc) is 2.64. The van der Waals surface area contributed by atoms with Crippen LogP contribution in [0.25, 0.3) is 0 Å². The summed E-state index contributed by atoms with van der Waals surface area (Å²) in [5.41, 5.74) is 7.59. The first-order valence-corrected chi connectivity index (χ1v) is 6.42. The molecular weight excluding hydrogens is 286 g/mol. The van der Waals surface area contributed by atoms with E-state index in [1.807, 2.05) is 13.1 Å². The first-order chi connectivity index (χ1) is 7.66. The van der Waals surface area contributed by atoms with Crippen molar-refractivity contribution in [3.05, 3.63) is 39.3 Å². The second-order valence-electron chi connectivity index (χ2n) is 3.50. The summed E-state index contributed by atoms with van der Waals surface area (Å²) < 4.78 is 1.15. The highest BCUT2D eigenvalue weighted by molar-refractivity contribution is 9.11. The van der Waals surface area contributed by atoms with Gasteiger partial charge in [-0.1, -0.05) is 0 Å². The molecule has 2 aromatic rings. The summed E-state index contributed by atoms with van der Waals surface area (Å²) in [7, 11) is 2.03. The highest BCUT2D eigenvalue weighted by Crippen LogP contribution is 2.26. The maximum Gasteiger partial charge on any atom is 0.0738 e. The maximum absolute atomic E-state index is 5.87. The van der Waals surface area contributed by atoms with Gasteiger partial charge in [0.05, 0.1) is 27.9 Å². The zero-order valence-corrected chi connectivity index (χ0v) is 11.3. The monoisotopic (exact) mass is 297 g/mol. The van der Waals surface area contributed by atoms with Crippen molar-refractivity contribution in [3.63, 3.8) is 0 Å². The van der Waals surface area contributed by atoms with Gasteiger partial charge in [0.1, 0.15) is 0 Å². The van der Waals surface area contributed by atoms with Gasteiger partial charge in [-0.05, 0) is 34.1 Å². The van der Waals surface area contributed by atoms with Gasteiger partial charge in [0.15, 0.2) is 0 Å². The molecule has 0 aliphatic carbocycles. The molecular formula is C11H12BrN3S. The van der Waals surface area contributed by atoms with Crippen LogP contribution in [0.2, 0.25) is 0 Å². The van der Waals surface area contributed by atoms with Crippen LogP contribution in [0.15, 0.2) is 34.4 Å². The first kappa shape index (κ1) is 11.4. The van der Waals surface area contributed by atoms with Crippen LogP contribution in [-0.4, -0.2) is 12.0 Å². The summed E-state index contributed by atoms with van der Waals surface area (Å²) >= 11 is 5.19. The van der Waals surface area contributed by atoms with E-state index >= 15 is 0 Å². The van der Waals surface area contributed by atoms with Crippen LogP contribution in [-0.2, 0) is 6.54 Å². The molecule has 0 bridgehead atoms. The minimum atomic E-state index is 0.709. The number of thiophene rings is 1. The number of nitrogen functional groups attached to an aromatic ring is 1. The number of nitrogens with two attached hydrogens (primary N) is 1. The Bertz CT molecular complexity index is 484. The van der Waals surface area contributed by atoms with E-state index in [-0.39, 0.29) is 0 Å². The van der Waals surface area contributed by atoms with E-state index < -0.39 is 0 Å². The van der Waals surface area contributed by atoms with Gasteiger partial charge in [0.25, 0.3) is 0 Å². The molecule has 0 spiro atoms. The Morgan fingerprint density at radius 1 is 1.44 bits per heavy atom. The average molecular weight is 298 g/mol. The van der Waals surface area contributed by atoms with Crippen molar-refractivity contribution in [2.45, 2.75) is 6.54 Å². The van der Waals surface area contributed by atoms with E-state index in [2.05, 4.69) is 37.9 Å². The second kappa shape index (κ2) is 4.84. The molecule has 0 aliphatic rings. The zero-order chi connectivity index (χ0) is 11.5. The Morgan fingerprint density at radius 3 is 2.88 bits per heavy atom. The SMILES string of the molecule is CN(Cc1ccc(Br)s1)c1ccncc1N. The van der Waals surface area contributed by atoms with Crippen LogP contribution in [0.3, 0.4) is 0 Å².